The highest BCUT2D eigenvalue weighted by molar-refractivity contribution is 6.30. The standard InChI is InChI=1S/C26H15ClF4N6O2/c27-16-2-4-20(19(10-16)26(29,30)31)36-25(39)34-18-8-15(7-17(28)11-18)24(38)14-1-3-21-22(9-14)35-23(12-33-21)37-6-5-32-13-37/h1-13H,(H2,34,36,39). The van der Waals surface area contributed by atoms with Crippen molar-refractivity contribution >= 4 is 45.8 Å². The highest BCUT2D eigenvalue weighted by atomic mass is 35.5. The summed E-state index contributed by atoms with van der Waals surface area (Å²) in [6.07, 6.45) is 1.56. The van der Waals surface area contributed by atoms with Crippen molar-refractivity contribution in [2.24, 2.45) is 0 Å². The molecule has 0 saturated carbocycles. The second-order valence-corrected chi connectivity index (χ2v) is 8.66. The summed E-state index contributed by atoms with van der Waals surface area (Å²) in [6.45, 7) is 0. The van der Waals surface area contributed by atoms with E-state index in [1.807, 2.05) is 0 Å². The minimum atomic E-state index is -4.78. The Bertz CT molecular complexity index is 1720. The van der Waals surface area contributed by atoms with Crippen LogP contribution in [0.15, 0.2) is 79.5 Å². The Morgan fingerprint density at radius 3 is 2.49 bits per heavy atom. The zero-order valence-electron chi connectivity index (χ0n) is 19.5. The molecule has 0 atom stereocenters. The summed E-state index contributed by atoms with van der Waals surface area (Å²) in [5, 5.41) is 4.15. The lowest BCUT2D eigenvalue weighted by Gasteiger charge is -2.15. The maximum absolute atomic E-state index is 14.4. The van der Waals surface area contributed by atoms with Gasteiger partial charge in [0.15, 0.2) is 11.6 Å². The molecule has 0 fully saturated rings. The molecule has 2 heterocycles. The number of anilines is 2. The Morgan fingerprint density at radius 2 is 1.74 bits per heavy atom. The third-order valence-electron chi connectivity index (χ3n) is 5.51. The number of aromatic nitrogens is 4. The number of rotatable bonds is 5. The lowest BCUT2D eigenvalue weighted by molar-refractivity contribution is -0.136. The average Bonchev–Trinajstić information content (AvgIpc) is 3.43. The highest BCUT2D eigenvalue weighted by Gasteiger charge is 2.34. The molecule has 2 amide bonds. The largest absolute Gasteiger partial charge is 0.418 e. The van der Waals surface area contributed by atoms with Crippen LogP contribution in [0.1, 0.15) is 21.5 Å². The third kappa shape index (κ3) is 5.70. The van der Waals surface area contributed by atoms with Crippen molar-refractivity contribution in [3.63, 3.8) is 0 Å². The summed E-state index contributed by atoms with van der Waals surface area (Å²) in [7, 11) is 0. The first-order chi connectivity index (χ1) is 18.6. The monoisotopic (exact) mass is 554 g/mol. The molecule has 3 aromatic carbocycles. The number of carbonyl (C=O) groups is 2. The van der Waals surface area contributed by atoms with Crippen molar-refractivity contribution in [2.45, 2.75) is 6.18 Å². The van der Waals surface area contributed by atoms with E-state index in [4.69, 9.17) is 11.6 Å². The van der Waals surface area contributed by atoms with E-state index in [1.54, 1.807) is 35.6 Å². The van der Waals surface area contributed by atoms with E-state index < -0.39 is 35.1 Å². The zero-order valence-corrected chi connectivity index (χ0v) is 20.3. The van der Waals surface area contributed by atoms with E-state index in [2.05, 4.69) is 25.6 Å². The fraction of sp³-hybridized carbons (Fsp3) is 0.0385. The summed E-state index contributed by atoms with van der Waals surface area (Å²) in [5.74, 6) is -0.949. The second kappa shape index (κ2) is 10.1. The molecule has 0 radical (unpaired) electrons. The molecule has 5 rings (SSSR count). The smallest absolute Gasteiger partial charge is 0.308 e. The SMILES string of the molecule is O=C(Nc1cc(F)cc(C(=O)c2ccc3ncc(-n4ccnc4)nc3c2)c1)Nc1ccc(Cl)cc1C(F)(F)F. The van der Waals surface area contributed by atoms with E-state index in [0.29, 0.717) is 22.9 Å². The number of nitrogens with zero attached hydrogens (tertiary/aromatic N) is 4. The molecule has 0 aliphatic rings. The van der Waals surface area contributed by atoms with E-state index in [0.717, 1.165) is 18.2 Å². The zero-order chi connectivity index (χ0) is 27.7. The first-order valence-corrected chi connectivity index (χ1v) is 11.5. The van der Waals surface area contributed by atoms with E-state index in [1.165, 1.54) is 24.3 Å². The molecule has 0 aliphatic heterocycles. The molecule has 0 unspecified atom stereocenters. The van der Waals surface area contributed by atoms with E-state index >= 15 is 0 Å². The fourth-order valence-corrected chi connectivity index (χ4v) is 3.94. The Hall–Kier alpha value is -4.84. The summed E-state index contributed by atoms with van der Waals surface area (Å²) in [5.41, 5.74) is -0.859. The molecule has 0 saturated heterocycles. The van der Waals surface area contributed by atoms with Crippen LogP contribution in [0.2, 0.25) is 5.02 Å². The number of imidazole rings is 1. The minimum absolute atomic E-state index is 0.106. The number of amides is 2. The average molecular weight is 555 g/mol. The number of carbonyl (C=O) groups excluding carboxylic acids is 2. The van der Waals surface area contributed by atoms with Crippen LogP contribution < -0.4 is 10.6 Å². The van der Waals surface area contributed by atoms with E-state index in [9.17, 15) is 27.2 Å². The van der Waals surface area contributed by atoms with Gasteiger partial charge in [-0.1, -0.05) is 11.6 Å². The number of ketones is 1. The van der Waals surface area contributed by atoms with Crippen molar-refractivity contribution in [2.75, 3.05) is 10.6 Å². The Kier molecular flexibility index (Phi) is 6.71. The Labute approximate surface area is 222 Å². The van der Waals surface area contributed by atoms with Crippen molar-refractivity contribution in [1.29, 1.82) is 0 Å². The number of benzene rings is 3. The van der Waals surface area contributed by atoms with Gasteiger partial charge in [-0.2, -0.15) is 13.2 Å². The molecule has 0 spiro atoms. The molecule has 2 N–H and O–H groups in total. The molecular weight excluding hydrogens is 540 g/mol. The number of nitrogens with one attached hydrogen (secondary N) is 2. The molecule has 5 aromatic rings. The van der Waals surface area contributed by atoms with Gasteiger partial charge in [-0.25, -0.2) is 19.2 Å². The number of halogens is 5. The summed E-state index contributed by atoms with van der Waals surface area (Å²) >= 11 is 5.65. The Balaban J connectivity index is 1.39. The van der Waals surface area contributed by atoms with Crippen molar-refractivity contribution in [1.82, 2.24) is 19.5 Å². The maximum atomic E-state index is 14.4. The predicted octanol–water partition coefficient (Wildman–Crippen LogP) is 6.50. The van der Waals surface area contributed by atoms with Crippen molar-refractivity contribution < 1.29 is 27.2 Å². The minimum Gasteiger partial charge on any atom is -0.308 e. The molecular formula is C26H15ClF4N6O2. The van der Waals surface area contributed by atoms with Gasteiger partial charge >= 0.3 is 12.2 Å². The van der Waals surface area contributed by atoms with E-state index in [-0.39, 0.29) is 21.8 Å². The summed E-state index contributed by atoms with van der Waals surface area (Å²) < 4.78 is 56.0. The lowest BCUT2D eigenvalue weighted by atomic mass is 10.0. The summed E-state index contributed by atoms with van der Waals surface area (Å²) in [4.78, 5) is 38.4. The second-order valence-electron chi connectivity index (χ2n) is 8.23. The van der Waals surface area contributed by atoms with Gasteiger partial charge in [0.2, 0.25) is 0 Å². The van der Waals surface area contributed by atoms with Crippen LogP contribution in [-0.2, 0) is 6.18 Å². The number of hydrogen-bond donors (Lipinski definition) is 2. The van der Waals surface area contributed by atoms with Crippen LogP contribution in [0.25, 0.3) is 16.9 Å². The quantitative estimate of drug-likeness (QED) is 0.191. The predicted molar refractivity (Wildman–Crippen MR) is 136 cm³/mol. The van der Waals surface area contributed by atoms with Crippen LogP contribution in [-0.4, -0.2) is 31.3 Å². The van der Waals surface area contributed by atoms with Gasteiger partial charge in [0.25, 0.3) is 0 Å². The molecule has 39 heavy (non-hydrogen) atoms. The van der Waals surface area contributed by atoms with Gasteiger partial charge in [-0.05, 0) is 54.6 Å². The first-order valence-electron chi connectivity index (χ1n) is 11.1. The molecule has 196 valence electrons. The fourth-order valence-electron chi connectivity index (χ4n) is 3.77. The topological polar surface area (TPSA) is 102 Å². The van der Waals surface area contributed by atoms with Crippen LogP contribution >= 0.6 is 11.6 Å². The van der Waals surface area contributed by atoms with Gasteiger partial charge in [-0.3, -0.25) is 14.3 Å². The highest BCUT2D eigenvalue weighted by Crippen LogP contribution is 2.36. The summed E-state index contributed by atoms with van der Waals surface area (Å²) in [6, 6.07) is 9.44. The third-order valence-corrected chi connectivity index (χ3v) is 5.75. The van der Waals surface area contributed by atoms with Gasteiger partial charge in [0.05, 0.1) is 28.5 Å². The van der Waals surface area contributed by atoms with Crippen LogP contribution in [0.3, 0.4) is 0 Å². The van der Waals surface area contributed by atoms with Gasteiger partial charge in [-0.15, -0.1) is 0 Å². The number of urea groups is 1. The number of alkyl halides is 3. The first kappa shape index (κ1) is 25.8. The normalized spacial score (nSPS) is 11.4. The molecule has 0 aliphatic carbocycles. The maximum Gasteiger partial charge on any atom is 0.418 e. The molecule has 13 heteroatoms. The van der Waals surface area contributed by atoms with Crippen molar-refractivity contribution in [3.8, 4) is 5.82 Å². The van der Waals surface area contributed by atoms with Crippen LogP contribution in [0.5, 0.6) is 0 Å². The molecule has 2 aromatic heterocycles. The van der Waals surface area contributed by atoms with Gasteiger partial charge < -0.3 is 10.6 Å². The van der Waals surface area contributed by atoms with Gasteiger partial charge in [0.1, 0.15) is 12.1 Å². The Morgan fingerprint density at radius 1 is 0.923 bits per heavy atom. The number of hydrogen-bond acceptors (Lipinski definition) is 5. The molecule has 0 bridgehead atoms. The van der Waals surface area contributed by atoms with Crippen LogP contribution in [0, 0.1) is 5.82 Å². The number of fused-ring (bicyclic) bond motifs is 1. The van der Waals surface area contributed by atoms with Crippen molar-refractivity contribution in [3.05, 3.63) is 107 Å². The van der Waals surface area contributed by atoms with Crippen LogP contribution in [0.4, 0.5) is 33.7 Å². The molecule has 8 nitrogen and oxygen atoms in total. The van der Waals surface area contributed by atoms with Gasteiger partial charge in [0, 0.05) is 34.2 Å². The lowest BCUT2D eigenvalue weighted by Crippen LogP contribution is -2.22.